The highest BCUT2D eigenvalue weighted by Gasteiger charge is 2.07. The van der Waals surface area contributed by atoms with Crippen LogP contribution in [-0.2, 0) is 6.54 Å². The molecule has 0 spiro atoms. The lowest BCUT2D eigenvalue weighted by atomic mass is 10.4. The first kappa shape index (κ1) is 14.2. The Morgan fingerprint density at radius 2 is 2.18 bits per heavy atom. The van der Waals surface area contributed by atoms with Gasteiger partial charge in [0.25, 0.3) is 5.56 Å². The number of hydrogen-bond acceptors (Lipinski definition) is 4. The Labute approximate surface area is 110 Å². The van der Waals surface area contributed by atoms with Crippen molar-refractivity contribution in [3.63, 3.8) is 0 Å². The molecule has 1 heterocycles. The molecule has 17 heavy (non-hydrogen) atoms. The predicted molar refractivity (Wildman–Crippen MR) is 73.5 cm³/mol. The highest BCUT2D eigenvalue weighted by molar-refractivity contribution is 9.10. The van der Waals surface area contributed by atoms with E-state index in [0.29, 0.717) is 11.0 Å². The van der Waals surface area contributed by atoms with Crippen LogP contribution >= 0.6 is 15.9 Å². The molecule has 5 nitrogen and oxygen atoms in total. The summed E-state index contributed by atoms with van der Waals surface area (Å²) in [6.45, 7) is 7.30. The van der Waals surface area contributed by atoms with Crippen LogP contribution in [0.25, 0.3) is 0 Å². The monoisotopic (exact) mass is 302 g/mol. The molecule has 0 unspecified atom stereocenters. The van der Waals surface area contributed by atoms with Crippen LogP contribution < -0.4 is 16.2 Å². The van der Waals surface area contributed by atoms with Crippen molar-refractivity contribution in [2.24, 2.45) is 0 Å². The van der Waals surface area contributed by atoms with Crippen LogP contribution in [0.5, 0.6) is 0 Å². The number of likely N-dealkylation sites (N-methyl/N-ethyl adjacent to an activating group) is 1. The van der Waals surface area contributed by atoms with Gasteiger partial charge >= 0.3 is 0 Å². The highest BCUT2D eigenvalue weighted by Crippen LogP contribution is 2.15. The Morgan fingerprint density at radius 1 is 1.41 bits per heavy atom. The van der Waals surface area contributed by atoms with Crippen LogP contribution in [-0.4, -0.2) is 29.4 Å². The zero-order chi connectivity index (χ0) is 12.7. The molecule has 0 aromatic carbocycles. The van der Waals surface area contributed by atoms with Crippen LogP contribution in [0, 0.1) is 0 Å². The molecule has 0 atom stereocenters. The molecule has 0 aliphatic heterocycles. The summed E-state index contributed by atoms with van der Waals surface area (Å²) in [5.74, 6) is 0. The number of nitrogens with zero attached hydrogens (tertiary/aromatic N) is 2. The molecular weight excluding hydrogens is 284 g/mol. The zero-order valence-corrected chi connectivity index (χ0v) is 11.9. The molecule has 96 valence electrons. The lowest BCUT2D eigenvalue weighted by Gasteiger charge is -2.10. The molecule has 0 aliphatic carbocycles. The van der Waals surface area contributed by atoms with Crippen LogP contribution in [0.2, 0.25) is 0 Å². The van der Waals surface area contributed by atoms with Crippen molar-refractivity contribution in [3.05, 3.63) is 21.0 Å². The number of nitrogens with one attached hydrogen (secondary N) is 2. The summed E-state index contributed by atoms with van der Waals surface area (Å²) in [4.78, 5) is 11.9. The van der Waals surface area contributed by atoms with Crippen molar-refractivity contribution < 1.29 is 0 Å². The van der Waals surface area contributed by atoms with Gasteiger partial charge in [-0.05, 0) is 28.9 Å². The average molecular weight is 303 g/mol. The second kappa shape index (κ2) is 7.45. The maximum atomic E-state index is 11.9. The highest BCUT2D eigenvalue weighted by atomic mass is 79.9. The molecular formula is C11H19BrN4O. The summed E-state index contributed by atoms with van der Waals surface area (Å²) >= 11 is 3.31. The minimum absolute atomic E-state index is 0.0831. The molecule has 0 saturated carbocycles. The Bertz CT molecular complexity index is 405. The summed E-state index contributed by atoms with van der Waals surface area (Å²) in [6.07, 6.45) is 2.58. The van der Waals surface area contributed by atoms with E-state index in [0.717, 1.165) is 31.7 Å². The Hall–Kier alpha value is -0.880. The fraction of sp³-hybridized carbons (Fsp3) is 0.636. The zero-order valence-electron chi connectivity index (χ0n) is 10.3. The fourth-order valence-electron chi connectivity index (χ4n) is 1.42. The summed E-state index contributed by atoms with van der Waals surface area (Å²) in [5, 5.41) is 10.5. The van der Waals surface area contributed by atoms with E-state index in [1.54, 1.807) is 6.20 Å². The van der Waals surface area contributed by atoms with Crippen LogP contribution in [0.4, 0.5) is 5.69 Å². The van der Waals surface area contributed by atoms with Gasteiger partial charge in [0.2, 0.25) is 0 Å². The lowest BCUT2D eigenvalue weighted by molar-refractivity contribution is 0.566. The van der Waals surface area contributed by atoms with Crippen LogP contribution in [0.15, 0.2) is 15.5 Å². The van der Waals surface area contributed by atoms with Gasteiger partial charge in [0.15, 0.2) is 0 Å². The largest absolute Gasteiger partial charge is 0.381 e. The molecule has 0 radical (unpaired) electrons. The van der Waals surface area contributed by atoms with Crippen molar-refractivity contribution in [2.75, 3.05) is 25.0 Å². The standard InChI is InChI=1S/C11H19BrN4O/c1-3-7-16-11(17)10(12)9(8-15-16)14-6-5-13-4-2/h8,13-14H,3-7H2,1-2H3. The first-order valence-electron chi connectivity index (χ1n) is 5.90. The Morgan fingerprint density at radius 3 is 2.82 bits per heavy atom. The lowest BCUT2D eigenvalue weighted by Crippen LogP contribution is -2.26. The summed E-state index contributed by atoms with van der Waals surface area (Å²) < 4.78 is 2.02. The SMILES string of the molecule is CCCn1ncc(NCCNCC)c(Br)c1=O. The molecule has 0 saturated heterocycles. The molecule has 1 aromatic heterocycles. The third-order valence-electron chi connectivity index (χ3n) is 2.29. The molecule has 0 amide bonds. The minimum Gasteiger partial charge on any atom is -0.381 e. The fourth-order valence-corrected chi connectivity index (χ4v) is 1.87. The quantitative estimate of drug-likeness (QED) is 0.748. The number of rotatable bonds is 7. The first-order chi connectivity index (χ1) is 8.20. The van der Waals surface area contributed by atoms with Crippen LogP contribution in [0.3, 0.4) is 0 Å². The first-order valence-corrected chi connectivity index (χ1v) is 6.70. The van der Waals surface area contributed by atoms with Crippen molar-refractivity contribution in [1.82, 2.24) is 15.1 Å². The second-order valence-corrected chi connectivity index (χ2v) is 4.47. The number of aryl methyl sites for hydroxylation is 1. The maximum absolute atomic E-state index is 11.9. The van der Waals surface area contributed by atoms with Gasteiger partial charge < -0.3 is 10.6 Å². The Kier molecular flexibility index (Phi) is 6.21. The number of halogens is 1. The smallest absolute Gasteiger partial charge is 0.283 e. The van der Waals surface area contributed by atoms with E-state index in [2.05, 4.69) is 38.6 Å². The molecule has 0 aliphatic rings. The molecule has 6 heteroatoms. The normalized spacial score (nSPS) is 10.5. The van der Waals surface area contributed by atoms with Crippen molar-refractivity contribution in [2.45, 2.75) is 26.8 Å². The van der Waals surface area contributed by atoms with Gasteiger partial charge in [0.1, 0.15) is 4.47 Å². The average Bonchev–Trinajstić information content (AvgIpc) is 2.33. The third kappa shape index (κ3) is 4.12. The van der Waals surface area contributed by atoms with E-state index in [4.69, 9.17) is 0 Å². The Balaban J connectivity index is 2.68. The van der Waals surface area contributed by atoms with Gasteiger partial charge in [0, 0.05) is 19.6 Å². The van der Waals surface area contributed by atoms with Gasteiger partial charge in [-0.15, -0.1) is 0 Å². The number of aromatic nitrogens is 2. The van der Waals surface area contributed by atoms with E-state index >= 15 is 0 Å². The van der Waals surface area contributed by atoms with Gasteiger partial charge in [-0.2, -0.15) is 5.10 Å². The summed E-state index contributed by atoms with van der Waals surface area (Å²) in [7, 11) is 0. The third-order valence-corrected chi connectivity index (χ3v) is 3.05. The van der Waals surface area contributed by atoms with E-state index in [1.807, 2.05) is 6.92 Å². The molecule has 0 bridgehead atoms. The number of anilines is 1. The van der Waals surface area contributed by atoms with Gasteiger partial charge in [0.05, 0.1) is 11.9 Å². The minimum atomic E-state index is -0.0831. The van der Waals surface area contributed by atoms with E-state index in [9.17, 15) is 4.79 Å². The van der Waals surface area contributed by atoms with Gasteiger partial charge in [-0.25, -0.2) is 4.68 Å². The number of hydrogen-bond donors (Lipinski definition) is 2. The van der Waals surface area contributed by atoms with Crippen molar-refractivity contribution >= 4 is 21.6 Å². The van der Waals surface area contributed by atoms with Crippen molar-refractivity contribution in [1.29, 1.82) is 0 Å². The maximum Gasteiger partial charge on any atom is 0.283 e. The van der Waals surface area contributed by atoms with Gasteiger partial charge in [-0.3, -0.25) is 4.79 Å². The van der Waals surface area contributed by atoms with Gasteiger partial charge in [-0.1, -0.05) is 13.8 Å². The molecule has 2 N–H and O–H groups in total. The molecule has 0 fully saturated rings. The van der Waals surface area contributed by atoms with E-state index in [1.165, 1.54) is 4.68 Å². The summed E-state index contributed by atoms with van der Waals surface area (Å²) in [6, 6.07) is 0. The van der Waals surface area contributed by atoms with E-state index < -0.39 is 0 Å². The topological polar surface area (TPSA) is 59.0 Å². The van der Waals surface area contributed by atoms with E-state index in [-0.39, 0.29) is 5.56 Å². The molecule has 1 rings (SSSR count). The second-order valence-electron chi connectivity index (χ2n) is 3.68. The molecule has 1 aromatic rings. The predicted octanol–water partition coefficient (Wildman–Crippen LogP) is 1.44. The van der Waals surface area contributed by atoms with Crippen molar-refractivity contribution in [3.8, 4) is 0 Å². The summed E-state index contributed by atoms with van der Waals surface area (Å²) in [5.41, 5.74) is 0.667. The van der Waals surface area contributed by atoms with Crippen LogP contribution in [0.1, 0.15) is 20.3 Å².